The van der Waals surface area contributed by atoms with Crippen LogP contribution in [-0.2, 0) is 17.9 Å². The van der Waals surface area contributed by atoms with Crippen LogP contribution in [0.3, 0.4) is 0 Å². The Bertz CT molecular complexity index is 1490. The molecule has 0 spiro atoms. The van der Waals surface area contributed by atoms with Gasteiger partial charge in [-0.3, -0.25) is 4.79 Å². The van der Waals surface area contributed by atoms with Crippen LogP contribution in [-0.4, -0.2) is 27.8 Å². The van der Waals surface area contributed by atoms with Crippen LogP contribution in [0.1, 0.15) is 29.7 Å². The van der Waals surface area contributed by atoms with E-state index in [1.807, 2.05) is 43.3 Å². The molecule has 4 aromatic rings. The van der Waals surface area contributed by atoms with Crippen molar-refractivity contribution >= 4 is 23.5 Å². The van der Waals surface area contributed by atoms with Crippen molar-refractivity contribution in [2.45, 2.75) is 26.1 Å². The van der Waals surface area contributed by atoms with Gasteiger partial charge in [-0.25, -0.2) is 9.07 Å². The molecular weight excluding hydrogens is 509 g/mol. The number of ether oxygens (including phenoxy) is 2. The SMILES string of the molecule is COc1cc([C@@H]2C(C(=O)NCc3ccccc3)=C(C)Nc3ncnn32)ccc1OCc1c(F)cccc1Cl. The number of allylic oxidation sites excluding steroid dienone is 1. The van der Waals surface area contributed by atoms with Gasteiger partial charge >= 0.3 is 0 Å². The van der Waals surface area contributed by atoms with E-state index in [4.69, 9.17) is 21.1 Å². The van der Waals surface area contributed by atoms with Crippen molar-refractivity contribution < 1.29 is 18.7 Å². The molecule has 3 aromatic carbocycles. The Morgan fingerprint density at radius 1 is 1.13 bits per heavy atom. The number of nitrogens with one attached hydrogen (secondary N) is 2. The van der Waals surface area contributed by atoms with Gasteiger partial charge in [0.05, 0.1) is 17.7 Å². The zero-order valence-electron chi connectivity index (χ0n) is 20.7. The van der Waals surface area contributed by atoms with Crippen molar-refractivity contribution in [3.8, 4) is 11.5 Å². The summed E-state index contributed by atoms with van der Waals surface area (Å²) in [5.41, 5.74) is 3.12. The molecule has 0 saturated carbocycles. The molecule has 1 aromatic heterocycles. The molecule has 8 nitrogen and oxygen atoms in total. The van der Waals surface area contributed by atoms with Crippen LogP contribution < -0.4 is 20.1 Å². The number of nitrogens with zero attached hydrogens (tertiary/aromatic N) is 3. The van der Waals surface area contributed by atoms with E-state index in [-0.39, 0.29) is 23.1 Å². The first kappa shape index (κ1) is 25.3. The molecule has 10 heteroatoms. The number of fused-ring (bicyclic) bond motifs is 1. The molecule has 2 N–H and O–H groups in total. The lowest BCUT2D eigenvalue weighted by atomic mass is 9.94. The number of benzene rings is 3. The second-order valence-electron chi connectivity index (χ2n) is 8.66. The monoisotopic (exact) mass is 533 g/mol. The summed E-state index contributed by atoms with van der Waals surface area (Å²) in [5, 5.41) is 10.8. The van der Waals surface area contributed by atoms with Crippen LogP contribution in [0, 0.1) is 5.82 Å². The zero-order valence-corrected chi connectivity index (χ0v) is 21.5. The topological polar surface area (TPSA) is 90.3 Å². The van der Waals surface area contributed by atoms with Crippen molar-refractivity contribution in [3.63, 3.8) is 0 Å². The van der Waals surface area contributed by atoms with Gasteiger partial charge in [-0.15, -0.1) is 0 Å². The quantitative estimate of drug-likeness (QED) is 0.321. The number of carbonyl (C=O) groups is 1. The molecule has 0 fully saturated rings. The Labute approximate surface area is 224 Å². The number of methoxy groups -OCH3 is 1. The third-order valence-corrected chi connectivity index (χ3v) is 6.63. The van der Waals surface area contributed by atoms with Crippen molar-refractivity contribution in [2.75, 3.05) is 12.4 Å². The average Bonchev–Trinajstić information content (AvgIpc) is 3.39. The predicted octanol–water partition coefficient (Wildman–Crippen LogP) is 5.26. The largest absolute Gasteiger partial charge is 0.493 e. The first-order chi connectivity index (χ1) is 18.5. The summed E-state index contributed by atoms with van der Waals surface area (Å²) in [7, 11) is 1.51. The van der Waals surface area contributed by atoms with E-state index in [2.05, 4.69) is 20.7 Å². The molecule has 1 aliphatic rings. The van der Waals surface area contributed by atoms with E-state index < -0.39 is 11.9 Å². The maximum Gasteiger partial charge on any atom is 0.251 e. The van der Waals surface area contributed by atoms with E-state index in [9.17, 15) is 9.18 Å². The van der Waals surface area contributed by atoms with Crippen molar-refractivity contribution in [3.05, 3.63) is 112 Å². The molecule has 0 radical (unpaired) electrons. The Balaban J connectivity index is 1.44. The molecule has 0 unspecified atom stereocenters. The van der Waals surface area contributed by atoms with E-state index in [1.54, 1.807) is 22.9 Å². The Morgan fingerprint density at radius 3 is 2.71 bits per heavy atom. The average molecular weight is 534 g/mol. The standard InChI is InChI=1S/C28H25ClFN5O3/c1-17-25(27(36)31-14-18-7-4-3-5-8-18)26(35-28(34-17)32-16-33-35)19-11-12-23(24(13-19)37-2)38-15-20-21(29)9-6-10-22(20)30/h3-13,16,26H,14-15H2,1-2H3,(H,31,36)(H,32,33,34)/t26-/m1/s1. The molecule has 1 aliphatic heterocycles. The van der Waals surface area contributed by atoms with Gasteiger partial charge in [-0.2, -0.15) is 10.1 Å². The summed E-state index contributed by atoms with van der Waals surface area (Å²) >= 11 is 6.14. The van der Waals surface area contributed by atoms with Gasteiger partial charge < -0.3 is 20.1 Å². The van der Waals surface area contributed by atoms with Gasteiger partial charge in [-0.05, 0) is 42.3 Å². The lowest BCUT2D eigenvalue weighted by molar-refractivity contribution is -0.118. The summed E-state index contributed by atoms with van der Waals surface area (Å²) < 4.78 is 27.3. The van der Waals surface area contributed by atoms with Crippen LogP contribution in [0.4, 0.5) is 10.3 Å². The number of carbonyl (C=O) groups excluding carboxylic acids is 1. The molecule has 194 valence electrons. The fourth-order valence-corrected chi connectivity index (χ4v) is 4.58. The summed E-state index contributed by atoms with van der Waals surface area (Å²) in [6.07, 6.45) is 1.43. The molecule has 0 saturated heterocycles. The van der Waals surface area contributed by atoms with Gasteiger partial charge in [0.1, 0.15) is 24.8 Å². The van der Waals surface area contributed by atoms with Crippen LogP contribution in [0.15, 0.2) is 84.3 Å². The number of anilines is 1. The summed E-state index contributed by atoms with van der Waals surface area (Å²) in [6, 6.07) is 18.9. The number of halogens is 2. The first-order valence-corrected chi connectivity index (χ1v) is 12.3. The third kappa shape index (κ3) is 5.05. The molecule has 0 bridgehead atoms. The van der Waals surface area contributed by atoms with Gasteiger partial charge in [0.2, 0.25) is 5.95 Å². The molecule has 38 heavy (non-hydrogen) atoms. The van der Waals surface area contributed by atoms with Gasteiger partial charge in [0.15, 0.2) is 11.5 Å². The second-order valence-corrected chi connectivity index (χ2v) is 9.07. The van der Waals surface area contributed by atoms with Crippen LogP contribution >= 0.6 is 11.6 Å². The van der Waals surface area contributed by atoms with E-state index >= 15 is 0 Å². The number of amides is 1. The number of aromatic nitrogens is 3. The normalized spacial score (nSPS) is 14.5. The van der Waals surface area contributed by atoms with Crippen molar-refractivity contribution in [1.82, 2.24) is 20.1 Å². The Hall–Kier alpha value is -4.37. The van der Waals surface area contributed by atoms with Crippen molar-refractivity contribution in [1.29, 1.82) is 0 Å². The number of hydrogen-bond acceptors (Lipinski definition) is 6. The fraction of sp³-hybridized carbons (Fsp3) is 0.179. The van der Waals surface area contributed by atoms with Gasteiger partial charge in [0.25, 0.3) is 5.91 Å². The Morgan fingerprint density at radius 2 is 1.95 bits per heavy atom. The summed E-state index contributed by atoms with van der Waals surface area (Å²) in [4.78, 5) is 17.7. The molecule has 5 rings (SSSR count). The second kappa shape index (κ2) is 10.9. The third-order valence-electron chi connectivity index (χ3n) is 6.27. The van der Waals surface area contributed by atoms with Crippen LogP contribution in [0.2, 0.25) is 5.02 Å². The minimum atomic E-state index is -0.575. The van der Waals surface area contributed by atoms with Crippen molar-refractivity contribution in [2.24, 2.45) is 0 Å². The maximum absolute atomic E-state index is 14.2. The number of hydrogen-bond donors (Lipinski definition) is 2. The van der Waals surface area contributed by atoms with Crippen LogP contribution in [0.25, 0.3) is 0 Å². The smallest absolute Gasteiger partial charge is 0.251 e. The maximum atomic E-state index is 14.2. The fourth-order valence-electron chi connectivity index (χ4n) is 4.36. The minimum absolute atomic E-state index is 0.0755. The zero-order chi connectivity index (χ0) is 26.6. The Kier molecular flexibility index (Phi) is 7.28. The van der Waals surface area contributed by atoms with Gasteiger partial charge in [0, 0.05) is 17.8 Å². The van der Waals surface area contributed by atoms with E-state index in [0.717, 1.165) is 11.1 Å². The van der Waals surface area contributed by atoms with Gasteiger partial charge in [-0.1, -0.05) is 54.1 Å². The lowest BCUT2D eigenvalue weighted by Crippen LogP contribution is -2.34. The highest BCUT2D eigenvalue weighted by Crippen LogP contribution is 2.39. The summed E-state index contributed by atoms with van der Waals surface area (Å²) in [6.45, 7) is 2.13. The molecule has 0 aliphatic carbocycles. The molecular formula is C28H25ClFN5O3. The molecule has 2 heterocycles. The lowest BCUT2D eigenvalue weighted by Gasteiger charge is -2.29. The first-order valence-electron chi connectivity index (χ1n) is 11.9. The minimum Gasteiger partial charge on any atom is -0.493 e. The molecule has 1 amide bonds. The van der Waals surface area contributed by atoms with E-state index in [1.165, 1.54) is 25.6 Å². The summed E-state index contributed by atoms with van der Waals surface area (Å²) in [5.74, 6) is 0.642. The highest BCUT2D eigenvalue weighted by molar-refractivity contribution is 6.31. The molecule has 1 atom stereocenters. The van der Waals surface area contributed by atoms with E-state index in [0.29, 0.717) is 35.3 Å². The highest BCUT2D eigenvalue weighted by atomic mass is 35.5. The highest BCUT2D eigenvalue weighted by Gasteiger charge is 2.34. The van der Waals surface area contributed by atoms with Crippen LogP contribution in [0.5, 0.6) is 11.5 Å². The number of rotatable bonds is 8. The predicted molar refractivity (Wildman–Crippen MR) is 142 cm³/mol.